The van der Waals surface area contributed by atoms with Crippen LogP contribution in [0, 0.1) is 11.7 Å². The molecule has 0 fully saturated rings. The van der Waals surface area contributed by atoms with Crippen LogP contribution in [0.4, 0.5) is 4.39 Å². The number of rotatable bonds is 9. The first-order chi connectivity index (χ1) is 11.6. The van der Waals surface area contributed by atoms with Crippen molar-refractivity contribution < 1.29 is 27.5 Å². The summed E-state index contributed by atoms with van der Waals surface area (Å²) in [6.07, 6.45) is 0.518. The molecule has 0 aromatic heterocycles. The lowest BCUT2D eigenvalue weighted by Crippen LogP contribution is -2.52. The van der Waals surface area contributed by atoms with Crippen molar-refractivity contribution in [1.82, 2.24) is 9.62 Å². The lowest BCUT2D eigenvalue weighted by molar-refractivity contribution is -0.145. The summed E-state index contributed by atoms with van der Waals surface area (Å²) in [4.78, 5) is 24.1. The summed E-state index contributed by atoms with van der Waals surface area (Å²) in [5, 5.41) is 8.94. The summed E-state index contributed by atoms with van der Waals surface area (Å²) in [6, 6.07) is 3.64. The number of nitrogens with zero attached hydrogens (tertiary/aromatic N) is 1. The van der Waals surface area contributed by atoms with E-state index in [9.17, 15) is 22.4 Å². The van der Waals surface area contributed by atoms with Gasteiger partial charge in [0.1, 0.15) is 23.3 Å². The average Bonchev–Trinajstić information content (AvgIpc) is 2.51. The zero-order valence-electron chi connectivity index (χ0n) is 14.4. The molecule has 1 rings (SSSR count). The first-order valence-corrected chi connectivity index (χ1v) is 9.36. The SMILES string of the molecule is CCCN(CC(=O)O)C(=O)[C@@H](NS(=O)(=O)c1ccccc1F)C(C)C. The van der Waals surface area contributed by atoms with Gasteiger partial charge in [0.15, 0.2) is 0 Å². The number of carboxylic acids is 1. The smallest absolute Gasteiger partial charge is 0.323 e. The third-order valence-corrected chi connectivity index (χ3v) is 4.95. The number of benzene rings is 1. The number of amides is 1. The summed E-state index contributed by atoms with van der Waals surface area (Å²) in [6.45, 7) is 4.66. The monoisotopic (exact) mass is 374 g/mol. The Balaban J connectivity index is 3.13. The Labute approximate surface area is 146 Å². The molecule has 0 saturated carbocycles. The molecule has 0 unspecified atom stereocenters. The van der Waals surface area contributed by atoms with E-state index in [-0.39, 0.29) is 6.54 Å². The van der Waals surface area contributed by atoms with E-state index in [0.29, 0.717) is 6.42 Å². The van der Waals surface area contributed by atoms with Crippen LogP contribution in [-0.4, -0.2) is 49.4 Å². The maximum absolute atomic E-state index is 13.8. The molecule has 9 heteroatoms. The molecule has 0 aliphatic carbocycles. The molecule has 0 bridgehead atoms. The van der Waals surface area contributed by atoms with Crippen LogP contribution in [0.15, 0.2) is 29.2 Å². The van der Waals surface area contributed by atoms with Gasteiger partial charge in [-0.2, -0.15) is 4.72 Å². The standard InChI is InChI=1S/C16H23FN2O5S/c1-4-9-19(10-14(20)21)16(22)15(11(2)3)18-25(23,24)13-8-6-5-7-12(13)17/h5-8,11,15,18H,4,9-10H2,1-3H3,(H,20,21)/t15-/m0/s1. The van der Waals surface area contributed by atoms with Gasteiger partial charge in [0.05, 0.1) is 0 Å². The second-order valence-corrected chi connectivity index (χ2v) is 7.61. The normalized spacial score (nSPS) is 12.8. The molecule has 1 aromatic carbocycles. The van der Waals surface area contributed by atoms with Crippen LogP contribution in [0.3, 0.4) is 0 Å². The Hall–Kier alpha value is -2.00. The lowest BCUT2D eigenvalue weighted by atomic mass is 10.0. The minimum atomic E-state index is -4.28. The Morgan fingerprint density at radius 1 is 1.28 bits per heavy atom. The van der Waals surface area contributed by atoms with Gasteiger partial charge in [0.2, 0.25) is 15.9 Å². The molecular formula is C16H23FN2O5S. The van der Waals surface area contributed by atoms with Gasteiger partial charge in [-0.05, 0) is 24.5 Å². The molecule has 0 aliphatic rings. The van der Waals surface area contributed by atoms with E-state index >= 15 is 0 Å². The van der Waals surface area contributed by atoms with Crippen molar-refractivity contribution in [2.45, 2.75) is 38.1 Å². The van der Waals surface area contributed by atoms with Crippen molar-refractivity contribution in [2.75, 3.05) is 13.1 Å². The van der Waals surface area contributed by atoms with Crippen LogP contribution < -0.4 is 4.72 Å². The molecule has 1 amide bonds. The zero-order valence-corrected chi connectivity index (χ0v) is 15.2. The van der Waals surface area contributed by atoms with Crippen LogP contribution in [0.25, 0.3) is 0 Å². The van der Waals surface area contributed by atoms with Gasteiger partial charge < -0.3 is 10.0 Å². The van der Waals surface area contributed by atoms with Crippen molar-refractivity contribution in [3.63, 3.8) is 0 Å². The molecule has 0 saturated heterocycles. The third kappa shape index (κ3) is 5.79. The largest absolute Gasteiger partial charge is 0.480 e. The Morgan fingerprint density at radius 3 is 2.36 bits per heavy atom. The Kier molecular flexibility index (Phi) is 7.50. The van der Waals surface area contributed by atoms with E-state index in [1.54, 1.807) is 20.8 Å². The van der Waals surface area contributed by atoms with Gasteiger partial charge in [0, 0.05) is 6.54 Å². The van der Waals surface area contributed by atoms with Crippen LogP contribution >= 0.6 is 0 Å². The zero-order chi connectivity index (χ0) is 19.2. The number of hydrogen-bond donors (Lipinski definition) is 2. The molecule has 1 aromatic rings. The van der Waals surface area contributed by atoms with E-state index in [1.807, 2.05) is 0 Å². The van der Waals surface area contributed by atoms with Crippen LogP contribution in [0.2, 0.25) is 0 Å². The van der Waals surface area contributed by atoms with Crippen molar-refractivity contribution >= 4 is 21.9 Å². The van der Waals surface area contributed by atoms with E-state index in [1.165, 1.54) is 12.1 Å². The number of halogens is 1. The highest BCUT2D eigenvalue weighted by Gasteiger charge is 2.33. The molecule has 2 N–H and O–H groups in total. The summed E-state index contributed by atoms with van der Waals surface area (Å²) < 4.78 is 40.9. The van der Waals surface area contributed by atoms with Gasteiger partial charge >= 0.3 is 5.97 Å². The summed E-state index contributed by atoms with van der Waals surface area (Å²) in [5.41, 5.74) is 0. The highest BCUT2D eigenvalue weighted by molar-refractivity contribution is 7.89. The van der Waals surface area contributed by atoms with Crippen molar-refractivity contribution in [1.29, 1.82) is 0 Å². The number of carboxylic acid groups (broad SMARTS) is 1. The molecule has 0 aliphatic heterocycles. The number of sulfonamides is 1. The van der Waals surface area contributed by atoms with Crippen LogP contribution in [0.5, 0.6) is 0 Å². The molecule has 140 valence electrons. The predicted octanol–water partition coefficient (Wildman–Crippen LogP) is 1.45. The Morgan fingerprint density at radius 2 is 1.88 bits per heavy atom. The Bertz CT molecular complexity index is 721. The van der Waals surface area contributed by atoms with E-state index in [0.717, 1.165) is 17.0 Å². The maximum atomic E-state index is 13.8. The molecule has 7 nitrogen and oxygen atoms in total. The highest BCUT2D eigenvalue weighted by atomic mass is 32.2. The van der Waals surface area contributed by atoms with E-state index < -0.39 is 51.1 Å². The second-order valence-electron chi connectivity index (χ2n) is 5.93. The van der Waals surface area contributed by atoms with Crippen molar-refractivity contribution in [3.8, 4) is 0 Å². The second kappa shape index (κ2) is 8.91. The number of hydrogen-bond acceptors (Lipinski definition) is 4. The summed E-state index contributed by atoms with van der Waals surface area (Å²) in [7, 11) is -4.28. The molecule has 0 radical (unpaired) electrons. The minimum absolute atomic E-state index is 0.176. The fourth-order valence-electron chi connectivity index (χ4n) is 2.26. The van der Waals surface area contributed by atoms with E-state index in [2.05, 4.69) is 4.72 Å². The summed E-state index contributed by atoms with van der Waals surface area (Å²) >= 11 is 0. The van der Waals surface area contributed by atoms with Crippen molar-refractivity contribution in [3.05, 3.63) is 30.1 Å². The highest BCUT2D eigenvalue weighted by Crippen LogP contribution is 2.16. The average molecular weight is 374 g/mol. The van der Waals surface area contributed by atoms with Crippen LogP contribution in [0.1, 0.15) is 27.2 Å². The molecule has 0 heterocycles. The quantitative estimate of drug-likeness (QED) is 0.681. The van der Waals surface area contributed by atoms with Crippen LogP contribution in [-0.2, 0) is 19.6 Å². The number of nitrogens with one attached hydrogen (secondary N) is 1. The van der Waals surface area contributed by atoms with Crippen molar-refractivity contribution in [2.24, 2.45) is 5.92 Å². The minimum Gasteiger partial charge on any atom is -0.480 e. The molecular weight excluding hydrogens is 351 g/mol. The lowest BCUT2D eigenvalue weighted by Gasteiger charge is -2.28. The molecule has 0 spiro atoms. The first-order valence-electron chi connectivity index (χ1n) is 7.87. The van der Waals surface area contributed by atoms with Gasteiger partial charge in [-0.15, -0.1) is 0 Å². The first kappa shape index (κ1) is 21.0. The fourth-order valence-corrected chi connectivity index (χ4v) is 3.68. The molecule has 1 atom stereocenters. The van der Waals surface area contributed by atoms with Gasteiger partial charge in [0.25, 0.3) is 0 Å². The number of carbonyl (C=O) groups excluding carboxylic acids is 1. The number of carbonyl (C=O) groups is 2. The fraction of sp³-hybridized carbons (Fsp3) is 0.500. The topological polar surface area (TPSA) is 104 Å². The van der Waals surface area contributed by atoms with E-state index in [4.69, 9.17) is 5.11 Å². The van der Waals surface area contributed by atoms with Gasteiger partial charge in [-0.1, -0.05) is 32.9 Å². The van der Waals surface area contributed by atoms with Gasteiger partial charge in [-0.3, -0.25) is 9.59 Å². The number of aliphatic carboxylic acids is 1. The maximum Gasteiger partial charge on any atom is 0.323 e. The third-order valence-electron chi connectivity index (χ3n) is 3.47. The predicted molar refractivity (Wildman–Crippen MR) is 89.9 cm³/mol. The molecule has 25 heavy (non-hydrogen) atoms. The summed E-state index contributed by atoms with van der Waals surface area (Å²) in [5.74, 6) is -3.23. The van der Waals surface area contributed by atoms with Gasteiger partial charge in [-0.25, -0.2) is 12.8 Å².